The second-order valence-corrected chi connectivity index (χ2v) is 6.12. The lowest BCUT2D eigenvalue weighted by Crippen LogP contribution is -2.13. The van der Waals surface area contributed by atoms with Gasteiger partial charge in [-0.2, -0.15) is 0 Å². The molecule has 0 fully saturated rings. The summed E-state index contributed by atoms with van der Waals surface area (Å²) in [6.07, 6.45) is 0.903. The van der Waals surface area contributed by atoms with Crippen LogP contribution < -0.4 is 14.8 Å². The Balaban J connectivity index is 1.81. The zero-order chi connectivity index (χ0) is 18.2. The molecule has 134 valence electrons. The second kappa shape index (κ2) is 8.95. The van der Waals surface area contributed by atoms with Crippen molar-refractivity contribution in [3.8, 4) is 11.5 Å². The lowest BCUT2D eigenvalue weighted by molar-refractivity contribution is 0.340. The van der Waals surface area contributed by atoms with Crippen LogP contribution in [0.4, 0.5) is 5.69 Å². The van der Waals surface area contributed by atoms with Crippen LogP contribution in [0, 0.1) is 0 Å². The summed E-state index contributed by atoms with van der Waals surface area (Å²) < 4.78 is 10.8. The summed E-state index contributed by atoms with van der Waals surface area (Å²) in [4.78, 5) is 0. The Morgan fingerprint density at radius 3 is 2.08 bits per heavy atom. The third-order valence-corrected chi connectivity index (χ3v) is 4.31. The lowest BCUT2D eigenvalue weighted by atomic mass is 9.98. The minimum Gasteiger partial charge on any atom is -0.497 e. The largest absolute Gasteiger partial charge is 0.497 e. The maximum atomic E-state index is 5.53. The molecule has 3 nitrogen and oxygen atoms in total. The fourth-order valence-electron chi connectivity index (χ4n) is 2.95. The van der Waals surface area contributed by atoms with Crippen LogP contribution in [0.5, 0.6) is 11.5 Å². The zero-order valence-electron chi connectivity index (χ0n) is 15.3. The monoisotopic (exact) mass is 347 g/mol. The van der Waals surface area contributed by atoms with Crippen LogP contribution in [0.15, 0.2) is 78.9 Å². The van der Waals surface area contributed by atoms with Crippen molar-refractivity contribution in [3.63, 3.8) is 0 Å². The van der Waals surface area contributed by atoms with E-state index in [9.17, 15) is 0 Å². The highest BCUT2D eigenvalue weighted by molar-refractivity contribution is 5.49. The maximum Gasteiger partial charge on any atom is 0.119 e. The number of nitrogens with one attached hydrogen (secondary N) is 1. The Labute approximate surface area is 155 Å². The maximum absolute atomic E-state index is 5.53. The van der Waals surface area contributed by atoms with Crippen molar-refractivity contribution in [2.75, 3.05) is 19.0 Å². The molecule has 0 amide bonds. The summed E-state index contributed by atoms with van der Waals surface area (Å²) in [6.45, 7) is 2.67. The topological polar surface area (TPSA) is 30.5 Å². The molecule has 3 rings (SSSR count). The molecule has 0 saturated carbocycles. The molecule has 1 atom stereocenters. The van der Waals surface area contributed by atoms with Gasteiger partial charge in [-0.25, -0.2) is 0 Å². The molecule has 3 heteroatoms. The summed E-state index contributed by atoms with van der Waals surface area (Å²) in [5.41, 5.74) is 3.60. The molecule has 3 aromatic carbocycles. The predicted molar refractivity (Wildman–Crippen MR) is 107 cm³/mol. The van der Waals surface area contributed by atoms with E-state index in [1.54, 1.807) is 7.11 Å². The number of ether oxygens (including phenoxy) is 2. The fraction of sp³-hybridized carbons (Fsp3) is 0.217. The first-order valence-electron chi connectivity index (χ1n) is 8.95. The number of hydrogen-bond donors (Lipinski definition) is 1. The molecule has 0 aliphatic heterocycles. The normalized spacial score (nSPS) is 11.6. The van der Waals surface area contributed by atoms with E-state index in [1.165, 1.54) is 11.1 Å². The van der Waals surface area contributed by atoms with E-state index in [0.717, 1.165) is 23.6 Å². The Kier molecular flexibility index (Phi) is 6.15. The fourth-order valence-corrected chi connectivity index (χ4v) is 2.95. The van der Waals surface area contributed by atoms with Gasteiger partial charge >= 0.3 is 0 Å². The highest BCUT2D eigenvalue weighted by Gasteiger charge is 2.13. The van der Waals surface area contributed by atoms with Gasteiger partial charge < -0.3 is 14.8 Å². The van der Waals surface area contributed by atoms with Crippen LogP contribution >= 0.6 is 0 Å². The van der Waals surface area contributed by atoms with Crippen molar-refractivity contribution in [2.45, 2.75) is 19.4 Å². The average Bonchev–Trinajstić information content (AvgIpc) is 2.70. The van der Waals surface area contributed by atoms with Crippen LogP contribution in [0.2, 0.25) is 0 Å². The first-order valence-corrected chi connectivity index (χ1v) is 8.95. The minimum absolute atomic E-state index is 0.168. The average molecular weight is 347 g/mol. The van der Waals surface area contributed by atoms with Crippen molar-refractivity contribution < 1.29 is 9.47 Å². The Hall–Kier alpha value is -2.94. The molecule has 0 spiro atoms. The molecular weight excluding hydrogens is 322 g/mol. The number of methoxy groups -OCH3 is 1. The molecule has 0 bridgehead atoms. The van der Waals surface area contributed by atoms with Crippen molar-refractivity contribution in [3.05, 3.63) is 90.0 Å². The van der Waals surface area contributed by atoms with Crippen LogP contribution in [-0.2, 0) is 6.42 Å². The van der Waals surface area contributed by atoms with Gasteiger partial charge in [0, 0.05) is 5.69 Å². The molecule has 0 heterocycles. The van der Waals surface area contributed by atoms with Crippen LogP contribution in [-0.4, -0.2) is 13.7 Å². The molecule has 0 unspecified atom stereocenters. The number of anilines is 1. The third kappa shape index (κ3) is 4.79. The molecule has 1 N–H and O–H groups in total. The van der Waals surface area contributed by atoms with Gasteiger partial charge in [-0.05, 0) is 60.9 Å². The number of hydrogen-bond acceptors (Lipinski definition) is 3. The Morgan fingerprint density at radius 1 is 0.808 bits per heavy atom. The smallest absolute Gasteiger partial charge is 0.119 e. The molecule has 0 aliphatic carbocycles. The van der Waals surface area contributed by atoms with Crippen molar-refractivity contribution in [1.82, 2.24) is 0 Å². The molecular formula is C23H25NO2. The summed E-state index contributed by atoms with van der Waals surface area (Å²) in [5.74, 6) is 1.76. The van der Waals surface area contributed by atoms with Gasteiger partial charge in [-0.1, -0.05) is 42.5 Å². The molecule has 0 radical (unpaired) electrons. The van der Waals surface area contributed by atoms with Crippen molar-refractivity contribution in [1.29, 1.82) is 0 Å². The summed E-state index contributed by atoms with van der Waals surface area (Å²) in [7, 11) is 1.69. The van der Waals surface area contributed by atoms with Gasteiger partial charge in [0.15, 0.2) is 0 Å². The van der Waals surface area contributed by atoms with Gasteiger partial charge in [-0.15, -0.1) is 0 Å². The van der Waals surface area contributed by atoms with Crippen LogP contribution in [0.3, 0.4) is 0 Å². The Bertz CT molecular complexity index is 783. The van der Waals surface area contributed by atoms with E-state index in [0.29, 0.717) is 6.61 Å². The highest BCUT2D eigenvalue weighted by atomic mass is 16.5. The van der Waals surface area contributed by atoms with E-state index >= 15 is 0 Å². The zero-order valence-corrected chi connectivity index (χ0v) is 15.3. The Morgan fingerprint density at radius 2 is 1.46 bits per heavy atom. The van der Waals surface area contributed by atoms with E-state index in [1.807, 2.05) is 37.3 Å². The van der Waals surface area contributed by atoms with Gasteiger partial charge in [0.25, 0.3) is 0 Å². The van der Waals surface area contributed by atoms with Crippen LogP contribution in [0.25, 0.3) is 0 Å². The molecule has 26 heavy (non-hydrogen) atoms. The van der Waals surface area contributed by atoms with Crippen molar-refractivity contribution >= 4 is 5.69 Å². The SMILES string of the molecule is CCOc1ccc(N[C@@H](Cc2ccccc2)c2ccc(OC)cc2)cc1. The molecule has 0 saturated heterocycles. The highest BCUT2D eigenvalue weighted by Crippen LogP contribution is 2.26. The van der Waals surface area contributed by atoms with Crippen molar-refractivity contribution in [2.24, 2.45) is 0 Å². The number of benzene rings is 3. The molecule has 0 aliphatic rings. The van der Waals surface area contributed by atoms with E-state index in [4.69, 9.17) is 9.47 Å². The lowest BCUT2D eigenvalue weighted by Gasteiger charge is -2.21. The molecule has 3 aromatic rings. The first-order chi connectivity index (χ1) is 12.8. The van der Waals surface area contributed by atoms with E-state index in [2.05, 4.69) is 53.8 Å². The van der Waals surface area contributed by atoms with Crippen LogP contribution in [0.1, 0.15) is 24.1 Å². The first kappa shape index (κ1) is 17.9. The summed E-state index contributed by atoms with van der Waals surface area (Å²) >= 11 is 0. The summed E-state index contributed by atoms with van der Waals surface area (Å²) in [5, 5.41) is 3.65. The standard InChI is InChI=1S/C23H25NO2/c1-3-26-22-15-11-20(12-16-22)24-23(17-18-7-5-4-6-8-18)19-9-13-21(25-2)14-10-19/h4-16,23-24H,3,17H2,1-2H3/t23-/m0/s1. The second-order valence-electron chi connectivity index (χ2n) is 6.12. The quantitative estimate of drug-likeness (QED) is 0.584. The summed E-state index contributed by atoms with van der Waals surface area (Å²) in [6, 6.07) is 27.1. The minimum atomic E-state index is 0.168. The predicted octanol–water partition coefficient (Wildman–Crippen LogP) is 5.49. The van der Waals surface area contributed by atoms with Gasteiger partial charge in [0.2, 0.25) is 0 Å². The third-order valence-electron chi connectivity index (χ3n) is 4.31. The van der Waals surface area contributed by atoms with E-state index in [-0.39, 0.29) is 6.04 Å². The van der Waals surface area contributed by atoms with E-state index < -0.39 is 0 Å². The number of rotatable bonds is 8. The van der Waals surface area contributed by atoms with Gasteiger partial charge in [-0.3, -0.25) is 0 Å². The van der Waals surface area contributed by atoms with Gasteiger partial charge in [0.05, 0.1) is 19.8 Å². The van der Waals surface area contributed by atoms with Gasteiger partial charge in [0.1, 0.15) is 11.5 Å². The molecule has 0 aromatic heterocycles.